The van der Waals surface area contributed by atoms with Gasteiger partial charge in [0.25, 0.3) is 5.91 Å². The van der Waals surface area contributed by atoms with Crippen molar-refractivity contribution in [1.82, 2.24) is 0 Å². The van der Waals surface area contributed by atoms with Crippen LogP contribution in [0.15, 0.2) is 78.9 Å². The van der Waals surface area contributed by atoms with E-state index in [-0.39, 0.29) is 11.8 Å². The van der Waals surface area contributed by atoms with E-state index in [0.29, 0.717) is 11.4 Å². The van der Waals surface area contributed by atoms with Crippen molar-refractivity contribution < 1.29 is 14.0 Å². The van der Waals surface area contributed by atoms with Crippen LogP contribution in [0.25, 0.3) is 0 Å². The first-order chi connectivity index (χ1) is 13.1. The monoisotopic (exact) mass is 360 g/mol. The van der Waals surface area contributed by atoms with Crippen molar-refractivity contribution in [2.75, 3.05) is 10.0 Å². The third-order valence-corrected chi connectivity index (χ3v) is 4.63. The number of hydrogen-bond acceptors (Lipinski definition) is 2. The average Bonchev–Trinajstić information content (AvgIpc) is 2.96. The van der Waals surface area contributed by atoms with Gasteiger partial charge in [-0.15, -0.1) is 0 Å². The number of carbonyl (C=O) groups excluding carboxylic acids is 2. The lowest BCUT2D eigenvalue weighted by atomic mass is 9.93. The molecule has 1 aliphatic heterocycles. The van der Waals surface area contributed by atoms with Crippen molar-refractivity contribution in [3.05, 3.63) is 95.8 Å². The van der Waals surface area contributed by atoms with Crippen molar-refractivity contribution >= 4 is 23.2 Å². The van der Waals surface area contributed by atoms with Crippen LogP contribution in [0.2, 0.25) is 0 Å². The molecule has 0 aliphatic carbocycles. The summed E-state index contributed by atoms with van der Waals surface area (Å²) in [6.07, 6.45) is 0. The highest BCUT2D eigenvalue weighted by atomic mass is 19.1. The third-order valence-electron chi connectivity index (χ3n) is 4.63. The molecular formula is C22H17FN2O2. The number of halogens is 1. The van der Waals surface area contributed by atoms with Gasteiger partial charge in [-0.1, -0.05) is 48.5 Å². The number of anilines is 2. The van der Waals surface area contributed by atoms with Crippen LogP contribution in [-0.2, 0) is 9.59 Å². The first-order valence-corrected chi connectivity index (χ1v) is 8.62. The molecule has 0 spiro atoms. The summed E-state index contributed by atoms with van der Waals surface area (Å²) in [4.78, 5) is 25.9. The SMILES string of the molecule is CC(=O)N(c1ccc(F)cc1)N1C(=O)C(c2ccccc2)c2ccccc21. The van der Waals surface area contributed by atoms with Crippen LogP contribution < -0.4 is 10.0 Å². The van der Waals surface area contributed by atoms with Crippen LogP contribution in [0.3, 0.4) is 0 Å². The van der Waals surface area contributed by atoms with Crippen molar-refractivity contribution in [2.45, 2.75) is 12.8 Å². The lowest BCUT2D eigenvalue weighted by Crippen LogP contribution is -2.48. The van der Waals surface area contributed by atoms with Crippen LogP contribution in [0, 0.1) is 5.82 Å². The Kier molecular flexibility index (Phi) is 4.20. The average molecular weight is 360 g/mol. The minimum atomic E-state index is -0.496. The van der Waals surface area contributed by atoms with E-state index in [2.05, 4.69) is 0 Å². The van der Waals surface area contributed by atoms with Gasteiger partial charge >= 0.3 is 0 Å². The number of nitrogens with zero attached hydrogens (tertiary/aromatic N) is 2. The van der Waals surface area contributed by atoms with Gasteiger partial charge in [-0.2, -0.15) is 0 Å². The lowest BCUT2D eigenvalue weighted by molar-refractivity contribution is -0.122. The Hall–Kier alpha value is -3.47. The van der Waals surface area contributed by atoms with Gasteiger partial charge < -0.3 is 0 Å². The number of hydrazine groups is 1. The number of rotatable bonds is 3. The van der Waals surface area contributed by atoms with Crippen LogP contribution in [0.4, 0.5) is 15.8 Å². The molecule has 4 nitrogen and oxygen atoms in total. The molecule has 0 bridgehead atoms. The fourth-order valence-corrected chi connectivity index (χ4v) is 3.49. The summed E-state index contributed by atoms with van der Waals surface area (Å²) in [5.74, 6) is -1.46. The van der Waals surface area contributed by atoms with E-state index in [1.807, 2.05) is 54.6 Å². The summed E-state index contributed by atoms with van der Waals surface area (Å²) < 4.78 is 13.3. The minimum absolute atomic E-state index is 0.220. The van der Waals surface area contributed by atoms with Gasteiger partial charge in [0.2, 0.25) is 5.91 Å². The van der Waals surface area contributed by atoms with Crippen LogP contribution in [0.1, 0.15) is 24.0 Å². The molecule has 0 N–H and O–H groups in total. The van der Waals surface area contributed by atoms with E-state index < -0.39 is 11.7 Å². The van der Waals surface area contributed by atoms with Gasteiger partial charge in [0.15, 0.2) is 0 Å². The van der Waals surface area contributed by atoms with Crippen molar-refractivity contribution in [1.29, 1.82) is 0 Å². The maximum atomic E-state index is 13.4. The number of para-hydroxylation sites is 1. The van der Waals surface area contributed by atoms with Crippen molar-refractivity contribution in [3.8, 4) is 0 Å². The molecule has 1 heterocycles. The summed E-state index contributed by atoms with van der Waals surface area (Å²) in [5, 5.41) is 2.69. The van der Waals surface area contributed by atoms with Gasteiger partial charge in [0.05, 0.1) is 17.3 Å². The summed E-state index contributed by atoms with van der Waals surface area (Å²) in [7, 11) is 0. The van der Waals surface area contributed by atoms with Crippen LogP contribution >= 0.6 is 0 Å². The molecule has 0 radical (unpaired) electrons. The largest absolute Gasteiger partial charge is 0.273 e. The molecule has 0 saturated heterocycles. The topological polar surface area (TPSA) is 40.6 Å². The van der Waals surface area contributed by atoms with Crippen molar-refractivity contribution in [3.63, 3.8) is 0 Å². The molecule has 134 valence electrons. The minimum Gasteiger partial charge on any atom is -0.273 e. The molecule has 5 heteroatoms. The fraction of sp³-hybridized carbons (Fsp3) is 0.0909. The number of carbonyl (C=O) groups is 2. The molecule has 1 aliphatic rings. The molecule has 3 aromatic rings. The van der Waals surface area contributed by atoms with Gasteiger partial charge in [-0.05, 0) is 41.5 Å². The highest BCUT2D eigenvalue weighted by molar-refractivity contribution is 6.13. The first kappa shape index (κ1) is 17.0. The van der Waals surface area contributed by atoms with E-state index in [1.54, 1.807) is 0 Å². The zero-order valence-electron chi connectivity index (χ0n) is 14.7. The van der Waals surface area contributed by atoms with E-state index >= 15 is 0 Å². The van der Waals surface area contributed by atoms with Gasteiger partial charge in [0, 0.05) is 6.92 Å². The number of hydrogen-bond donors (Lipinski definition) is 0. The van der Waals surface area contributed by atoms with E-state index in [4.69, 9.17) is 0 Å². The number of fused-ring (bicyclic) bond motifs is 1. The zero-order chi connectivity index (χ0) is 19.0. The molecule has 0 fully saturated rings. The molecule has 4 rings (SSSR count). The summed E-state index contributed by atoms with van der Waals surface area (Å²) in [6, 6.07) is 22.4. The van der Waals surface area contributed by atoms with Gasteiger partial charge in [-0.3, -0.25) is 9.59 Å². The van der Waals surface area contributed by atoms with Gasteiger partial charge in [-0.25, -0.2) is 14.4 Å². The van der Waals surface area contributed by atoms with E-state index in [1.165, 1.54) is 41.2 Å². The van der Waals surface area contributed by atoms with E-state index in [0.717, 1.165) is 11.1 Å². The van der Waals surface area contributed by atoms with Crippen LogP contribution in [0.5, 0.6) is 0 Å². The van der Waals surface area contributed by atoms with Crippen LogP contribution in [-0.4, -0.2) is 11.8 Å². The molecule has 3 aromatic carbocycles. The molecule has 2 amide bonds. The normalized spacial score (nSPS) is 15.6. The summed E-state index contributed by atoms with van der Waals surface area (Å²) in [5.41, 5.74) is 2.78. The molecule has 1 atom stereocenters. The predicted octanol–water partition coefficient (Wildman–Crippen LogP) is 4.27. The van der Waals surface area contributed by atoms with E-state index in [9.17, 15) is 14.0 Å². The second-order valence-electron chi connectivity index (χ2n) is 6.36. The number of amides is 2. The Labute approximate surface area is 156 Å². The maximum absolute atomic E-state index is 13.4. The number of benzene rings is 3. The summed E-state index contributed by atoms with van der Waals surface area (Å²) >= 11 is 0. The standard InChI is InChI=1S/C22H17FN2O2/c1-15(26)24(18-13-11-17(23)12-14-18)25-20-10-6-5-9-19(20)21(22(25)27)16-7-3-2-4-8-16/h2-14,21H,1H3. The Morgan fingerprint density at radius 3 is 2.22 bits per heavy atom. The highest BCUT2D eigenvalue weighted by Gasteiger charge is 2.42. The Morgan fingerprint density at radius 2 is 1.56 bits per heavy atom. The van der Waals surface area contributed by atoms with Gasteiger partial charge in [0.1, 0.15) is 5.82 Å². The Balaban J connectivity index is 1.86. The predicted molar refractivity (Wildman–Crippen MR) is 102 cm³/mol. The molecule has 0 aromatic heterocycles. The first-order valence-electron chi connectivity index (χ1n) is 8.62. The molecule has 27 heavy (non-hydrogen) atoms. The Bertz CT molecular complexity index is 1000. The second kappa shape index (κ2) is 6.68. The second-order valence-corrected chi connectivity index (χ2v) is 6.36. The highest BCUT2D eigenvalue weighted by Crippen LogP contribution is 2.42. The molecule has 0 saturated carbocycles. The lowest BCUT2D eigenvalue weighted by Gasteiger charge is -2.31. The molecule has 1 unspecified atom stereocenters. The smallest absolute Gasteiger partial charge is 0.258 e. The fourth-order valence-electron chi connectivity index (χ4n) is 3.49. The Morgan fingerprint density at radius 1 is 0.926 bits per heavy atom. The zero-order valence-corrected chi connectivity index (χ0v) is 14.7. The maximum Gasteiger partial charge on any atom is 0.258 e. The quantitative estimate of drug-likeness (QED) is 0.700. The van der Waals surface area contributed by atoms with Crippen molar-refractivity contribution in [2.24, 2.45) is 0 Å². The summed E-state index contributed by atoms with van der Waals surface area (Å²) in [6.45, 7) is 1.38. The molecular weight excluding hydrogens is 343 g/mol. The third kappa shape index (κ3) is 2.87.